The number of hydrogen-bond acceptors (Lipinski definition) is 4. The van der Waals surface area contributed by atoms with Crippen molar-refractivity contribution in [1.82, 2.24) is 5.32 Å². The van der Waals surface area contributed by atoms with Crippen molar-refractivity contribution >= 4 is 11.9 Å². The minimum Gasteiger partial charge on any atom is -0.493 e. The van der Waals surface area contributed by atoms with E-state index in [0.29, 0.717) is 18.8 Å². The lowest BCUT2D eigenvalue weighted by Gasteiger charge is -2.26. The summed E-state index contributed by atoms with van der Waals surface area (Å²) in [6.07, 6.45) is 0.500. The van der Waals surface area contributed by atoms with E-state index in [4.69, 9.17) is 14.9 Å². The summed E-state index contributed by atoms with van der Waals surface area (Å²) in [5.74, 6) is -1.25. The van der Waals surface area contributed by atoms with Gasteiger partial charge in [-0.3, -0.25) is 4.79 Å². The van der Waals surface area contributed by atoms with Crippen LogP contribution in [0.4, 0.5) is 0 Å². The maximum absolute atomic E-state index is 12.2. The maximum atomic E-state index is 12.2. The normalized spacial score (nSPS) is 18.6. The number of para-hydroxylation sites is 1. The van der Waals surface area contributed by atoms with E-state index >= 15 is 0 Å². The molecule has 0 bridgehead atoms. The highest BCUT2D eigenvalue weighted by Crippen LogP contribution is 2.33. The molecule has 0 saturated heterocycles. The summed E-state index contributed by atoms with van der Waals surface area (Å²) >= 11 is 0. The number of aliphatic hydroxyl groups is 1. The van der Waals surface area contributed by atoms with Crippen molar-refractivity contribution in [2.45, 2.75) is 24.8 Å². The van der Waals surface area contributed by atoms with Gasteiger partial charge in [0.2, 0.25) is 5.91 Å². The first kappa shape index (κ1) is 14.3. The number of aliphatic hydroxyl groups excluding tert-OH is 1. The second kappa shape index (κ2) is 6.38. The Morgan fingerprint density at radius 1 is 1.40 bits per heavy atom. The summed E-state index contributed by atoms with van der Waals surface area (Å²) in [5.41, 5.74) is 0.768. The van der Waals surface area contributed by atoms with Gasteiger partial charge in [-0.1, -0.05) is 18.2 Å². The van der Waals surface area contributed by atoms with E-state index in [-0.39, 0.29) is 18.9 Å². The van der Waals surface area contributed by atoms with E-state index in [1.54, 1.807) is 12.1 Å². The van der Waals surface area contributed by atoms with Gasteiger partial charge < -0.3 is 20.3 Å². The summed E-state index contributed by atoms with van der Waals surface area (Å²) in [6.45, 7) is 0.133. The fraction of sp³-hybridized carbons (Fsp3) is 0.429. The predicted octanol–water partition coefficient (Wildman–Crippen LogP) is 0.504. The molecule has 0 fully saturated rings. The third-order valence-corrected chi connectivity index (χ3v) is 3.31. The molecule has 1 aromatic carbocycles. The molecule has 6 heteroatoms. The third kappa shape index (κ3) is 3.08. The van der Waals surface area contributed by atoms with Crippen LogP contribution >= 0.6 is 0 Å². The fourth-order valence-corrected chi connectivity index (χ4v) is 2.27. The first-order chi connectivity index (χ1) is 9.63. The van der Waals surface area contributed by atoms with Crippen molar-refractivity contribution in [2.24, 2.45) is 0 Å². The van der Waals surface area contributed by atoms with Gasteiger partial charge in [0.1, 0.15) is 11.8 Å². The molecule has 20 heavy (non-hydrogen) atoms. The molecule has 0 spiro atoms. The Bertz CT molecular complexity index is 502. The largest absolute Gasteiger partial charge is 0.493 e. The molecule has 0 aliphatic carbocycles. The van der Waals surface area contributed by atoms with Gasteiger partial charge in [0.25, 0.3) is 0 Å². The summed E-state index contributed by atoms with van der Waals surface area (Å²) in [7, 11) is 0. The van der Waals surface area contributed by atoms with Crippen molar-refractivity contribution < 1.29 is 24.5 Å². The first-order valence-corrected chi connectivity index (χ1v) is 6.49. The standard InChI is InChI=1S/C14H17NO5/c16-7-5-11(14(18)19)15-13(17)10-6-8-20-12-4-2-1-3-9(10)12/h1-4,10-11,16H,5-8H2,(H,15,17)(H,18,19)/t10?,11-/m1/s1. The number of benzene rings is 1. The second-order valence-corrected chi connectivity index (χ2v) is 4.64. The second-order valence-electron chi connectivity index (χ2n) is 4.64. The SMILES string of the molecule is O=C(N[C@H](CCO)C(=O)O)C1CCOc2ccccc21. The smallest absolute Gasteiger partial charge is 0.326 e. The minimum absolute atomic E-state index is 0.00800. The number of carbonyl (C=O) groups excluding carboxylic acids is 1. The van der Waals surface area contributed by atoms with E-state index in [1.807, 2.05) is 12.1 Å². The van der Waals surface area contributed by atoms with Crippen molar-refractivity contribution in [2.75, 3.05) is 13.2 Å². The Hall–Kier alpha value is -2.08. The molecule has 1 heterocycles. The van der Waals surface area contributed by atoms with Crippen LogP contribution < -0.4 is 10.1 Å². The number of carboxylic acids is 1. The maximum Gasteiger partial charge on any atom is 0.326 e. The lowest BCUT2D eigenvalue weighted by Crippen LogP contribution is -2.44. The molecule has 3 N–H and O–H groups in total. The third-order valence-electron chi connectivity index (χ3n) is 3.31. The highest BCUT2D eigenvalue weighted by atomic mass is 16.5. The van der Waals surface area contributed by atoms with Crippen molar-refractivity contribution in [3.05, 3.63) is 29.8 Å². The van der Waals surface area contributed by atoms with Crippen LogP contribution in [0.25, 0.3) is 0 Å². The van der Waals surface area contributed by atoms with Gasteiger partial charge in [-0.25, -0.2) is 4.79 Å². The van der Waals surface area contributed by atoms with Crippen LogP contribution in [0.2, 0.25) is 0 Å². The zero-order valence-electron chi connectivity index (χ0n) is 10.9. The molecule has 1 unspecified atom stereocenters. The topological polar surface area (TPSA) is 95.9 Å². The molecular weight excluding hydrogens is 262 g/mol. The van der Waals surface area contributed by atoms with Crippen LogP contribution in [0.3, 0.4) is 0 Å². The number of nitrogens with one attached hydrogen (secondary N) is 1. The Labute approximate surface area is 116 Å². The number of ether oxygens (including phenoxy) is 1. The average Bonchev–Trinajstić information content (AvgIpc) is 2.46. The van der Waals surface area contributed by atoms with Crippen molar-refractivity contribution in [1.29, 1.82) is 0 Å². The quantitative estimate of drug-likeness (QED) is 0.729. The molecule has 0 radical (unpaired) electrons. The number of fused-ring (bicyclic) bond motifs is 1. The summed E-state index contributed by atoms with van der Waals surface area (Å²) < 4.78 is 5.47. The zero-order chi connectivity index (χ0) is 14.5. The van der Waals surface area contributed by atoms with E-state index in [2.05, 4.69) is 5.32 Å². The Morgan fingerprint density at radius 3 is 2.85 bits per heavy atom. The fourth-order valence-electron chi connectivity index (χ4n) is 2.27. The Balaban J connectivity index is 2.12. The number of carboxylic acid groups (broad SMARTS) is 1. The molecule has 6 nitrogen and oxygen atoms in total. The van der Waals surface area contributed by atoms with Crippen molar-refractivity contribution in [3.63, 3.8) is 0 Å². The van der Waals surface area contributed by atoms with E-state index in [9.17, 15) is 9.59 Å². The monoisotopic (exact) mass is 279 g/mol. The van der Waals surface area contributed by atoms with Crippen LogP contribution in [-0.2, 0) is 9.59 Å². The summed E-state index contributed by atoms with van der Waals surface area (Å²) in [4.78, 5) is 23.2. The van der Waals surface area contributed by atoms with Gasteiger partial charge in [-0.05, 0) is 12.5 Å². The molecule has 1 aliphatic heterocycles. The molecular formula is C14H17NO5. The highest BCUT2D eigenvalue weighted by Gasteiger charge is 2.30. The number of amides is 1. The number of rotatable bonds is 5. The van der Waals surface area contributed by atoms with Crippen LogP contribution in [0.5, 0.6) is 5.75 Å². The summed E-state index contributed by atoms with van der Waals surface area (Å²) in [6, 6.07) is 6.17. The Kier molecular flexibility index (Phi) is 4.57. The molecule has 1 aromatic rings. The highest BCUT2D eigenvalue weighted by molar-refractivity contribution is 5.88. The van der Waals surface area contributed by atoms with E-state index in [0.717, 1.165) is 5.56 Å². The van der Waals surface area contributed by atoms with Gasteiger partial charge in [0.05, 0.1) is 12.5 Å². The molecule has 108 valence electrons. The number of carbonyl (C=O) groups is 2. The van der Waals surface area contributed by atoms with Gasteiger partial charge in [0.15, 0.2) is 0 Å². The van der Waals surface area contributed by atoms with Crippen LogP contribution in [0.15, 0.2) is 24.3 Å². The molecule has 0 saturated carbocycles. The number of aliphatic carboxylic acids is 1. The molecule has 2 atom stereocenters. The van der Waals surface area contributed by atoms with Gasteiger partial charge in [-0.2, -0.15) is 0 Å². The molecule has 0 aromatic heterocycles. The lowest BCUT2D eigenvalue weighted by molar-refractivity contribution is -0.142. The van der Waals surface area contributed by atoms with Gasteiger partial charge >= 0.3 is 5.97 Å². The molecule has 1 amide bonds. The van der Waals surface area contributed by atoms with E-state index < -0.39 is 17.9 Å². The lowest BCUT2D eigenvalue weighted by atomic mass is 9.92. The Morgan fingerprint density at radius 2 is 2.15 bits per heavy atom. The molecule has 1 aliphatic rings. The zero-order valence-corrected chi connectivity index (χ0v) is 10.9. The van der Waals surface area contributed by atoms with Crippen molar-refractivity contribution in [3.8, 4) is 5.75 Å². The predicted molar refractivity (Wildman–Crippen MR) is 70.6 cm³/mol. The van der Waals surface area contributed by atoms with Crippen LogP contribution in [0.1, 0.15) is 24.3 Å². The van der Waals surface area contributed by atoms with Crippen LogP contribution in [-0.4, -0.2) is 41.3 Å². The van der Waals surface area contributed by atoms with Gasteiger partial charge in [0, 0.05) is 18.6 Å². The van der Waals surface area contributed by atoms with E-state index in [1.165, 1.54) is 0 Å². The van der Waals surface area contributed by atoms with Crippen LogP contribution in [0, 0.1) is 0 Å². The average molecular weight is 279 g/mol. The first-order valence-electron chi connectivity index (χ1n) is 6.49. The summed E-state index contributed by atoms with van der Waals surface area (Å²) in [5, 5.41) is 20.3. The number of hydrogen-bond donors (Lipinski definition) is 3. The minimum atomic E-state index is -1.15. The van der Waals surface area contributed by atoms with Gasteiger partial charge in [-0.15, -0.1) is 0 Å². The molecule has 2 rings (SSSR count).